The number of carbonyl (C=O) groups excluding carboxylic acids is 2. The van der Waals surface area contributed by atoms with E-state index in [1.807, 2.05) is 0 Å². The molecule has 2 fully saturated rings. The lowest BCUT2D eigenvalue weighted by atomic mass is 9.97. The summed E-state index contributed by atoms with van der Waals surface area (Å²) in [6.45, 7) is 1.87. The third kappa shape index (κ3) is 3.20. The van der Waals surface area contributed by atoms with E-state index in [4.69, 9.17) is 9.47 Å². The van der Waals surface area contributed by atoms with Gasteiger partial charge in [0.05, 0.1) is 19.3 Å². The average molecular weight is 322 g/mol. The SMILES string of the molecule is CN1C(=O)CO[C@H](C(=O)N2CCOCC2)[C@H]1c1ccc(F)cc1. The maximum Gasteiger partial charge on any atom is 0.254 e. The summed E-state index contributed by atoms with van der Waals surface area (Å²) in [5.74, 6) is -0.733. The van der Waals surface area contributed by atoms with Crippen molar-refractivity contribution >= 4 is 11.8 Å². The van der Waals surface area contributed by atoms with Gasteiger partial charge in [-0.2, -0.15) is 0 Å². The van der Waals surface area contributed by atoms with Crippen LogP contribution in [0.5, 0.6) is 0 Å². The summed E-state index contributed by atoms with van der Waals surface area (Å²) in [4.78, 5) is 27.9. The van der Waals surface area contributed by atoms with Gasteiger partial charge in [-0.15, -0.1) is 0 Å². The van der Waals surface area contributed by atoms with Crippen molar-refractivity contribution in [3.8, 4) is 0 Å². The summed E-state index contributed by atoms with van der Waals surface area (Å²) in [6.07, 6.45) is -0.790. The molecule has 0 saturated carbocycles. The van der Waals surface area contributed by atoms with Crippen LogP contribution in [0.2, 0.25) is 0 Å². The van der Waals surface area contributed by atoms with Gasteiger partial charge in [-0.25, -0.2) is 4.39 Å². The second kappa shape index (κ2) is 6.64. The molecule has 0 radical (unpaired) electrons. The van der Waals surface area contributed by atoms with Crippen LogP contribution in [0.3, 0.4) is 0 Å². The van der Waals surface area contributed by atoms with Gasteiger partial charge in [-0.1, -0.05) is 12.1 Å². The highest BCUT2D eigenvalue weighted by Crippen LogP contribution is 2.30. The molecular weight excluding hydrogens is 303 g/mol. The number of ether oxygens (including phenoxy) is 2. The normalized spacial score (nSPS) is 25.6. The second-order valence-electron chi connectivity index (χ2n) is 5.67. The number of carbonyl (C=O) groups is 2. The Balaban J connectivity index is 1.87. The molecule has 23 heavy (non-hydrogen) atoms. The second-order valence-corrected chi connectivity index (χ2v) is 5.67. The predicted octanol–water partition coefficient (Wildman–Crippen LogP) is 0.583. The van der Waals surface area contributed by atoms with E-state index < -0.39 is 12.1 Å². The highest BCUT2D eigenvalue weighted by molar-refractivity contribution is 5.86. The summed E-state index contributed by atoms with van der Waals surface area (Å²) >= 11 is 0. The quantitative estimate of drug-likeness (QED) is 0.799. The Hall–Kier alpha value is -1.99. The van der Waals surface area contributed by atoms with Crippen molar-refractivity contribution in [2.24, 2.45) is 0 Å². The lowest BCUT2D eigenvalue weighted by Crippen LogP contribution is -2.55. The number of rotatable bonds is 2. The van der Waals surface area contributed by atoms with Gasteiger partial charge in [0.25, 0.3) is 5.91 Å². The zero-order chi connectivity index (χ0) is 16.4. The fourth-order valence-corrected chi connectivity index (χ4v) is 2.94. The molecule has 0 bridgehead atoms. The van der Waals surface area contributed by atoms with Crippen LogP contribution in [0.25, 0.3) is 0 Å². The molecule has 0 aromatic heterocycles. The van der Waals surface area contributed by atoms with Crippen LogP contribution in [-0.2, 0) is 19.1 Å². The Kier molecular flexibility index (Phi) is 4.58. The molecule has 124 valence electrons. The summed E-state index contributed by atoms with van der Waals surface area (Å²) in [5, 5.41) is 0. The Morgan fingerprint density at radius 2 is 1.87 bits per heavy atom. The number of likely N-dealkylation sites (N-methyl/N-ethyl adjacent to an activating group) is 1. The van der Waals surface area contributed by atoms with Crippen molar-refractivity contribution in [1.82, 2.24) is 9.80 Å². The zero-order valence-corrected chi connectivity index (χ0v) is 12.9. The highest BCUT2D eigenvalue weighted by atomic mass is 19.1. The van der Waals surface area contributed by atoms with Gasteiger partial charge in [0.2, 0.25) is 5.91 Å². The van der Waals surface area contributed by atoms with Crippen LogP contribution in [0.4, 0.5) is 4.39 Å². The first-order valence-electron chi connectivity index (χ1n) is 7.57. The van der Waals surface area contributed by atoms with Crippen LogP contribution < -0.4 is 0 Å². The Labute approximate surface area is 133 Å². The molecule has 2 aliphatic rings. The first kappa shape index (κ1) is 15.9. The minimum atomic E-state index is -0.790. The van der Waals surface area contributed by atoms with Crippen LogP contribution in [0, 0.1) is 5.82 Å². The summed E-state index contributed by atoms with van der Waals surface area (Å²) < 4.78 is 24.0. The van der Waals surface area contributed by atoms with Gasteiger partial charge in [-0.05, 0) is 17.7 Å². The smallest absolute Gasteiger partial charge is 0.254 e. The van der Waals surface area contributed by atoms with Gasteiger partial charge in [0.15, 0.2) is 6.10 Å². The van der Waals surface area contributed by atoms with E-state index in [2.05, 4.69) is 0 Å². The monoisotopic (exact) mass is 322 g/mol. The third-order valence-corrected chi connectivity index (χ3v) is 4.26. The molecule has 2 aliphatic heterocycles. The van der Waals surface area contributed by atoms with Gasteiger partial charge in [-0.3, -0.25) is 9.59 Å². The van der Waals surface area contributed by atoms with E-state index in [9.17, 15) is 14.0 Å². The van der Waals surface area contributed by atoms with Crippen molar-refractivity contribution in [1.29, 1.82) is 0 Å². The van der Waals surface area contributed by atoms with E-state index in [0.717, 1.165) is 0 Å². The number of amides is 2. The molecule has 1 aromatic rings. The fourth-order valence-electron chi connectivity index (χ4n) is 2.94. The largest absolute Gasteiger partial charge is 0.378 e. The van der Waals surface area contributed by atoms with E-state index in [0.29, 0.717) is 31.9 Å². The van der Waals surface area contributed by atoms with Crippen LogP contribution >= 0.6 is 0 Å². The van der Waals surface area contributed by atoms with E-state index >= 15 is 0 Å². The summed E-state index contributed by atoms with van der Waals surface area (Å²) in [6, 6.07) is 5.24. The zero-order valence-electron chi connectivity index (χ0n) is 12.9. The van der Waals surface area contributed by atoms with E-state index in [-0.39, 0.29) is 24.2 Å². The highest BCUT2D eigenvalue weighted by Gasteiger charge is 2.42. The molecule has 0 N–H and O–H groups in total. The topological polar surface area (TPSA) is 59.1 Å². The molecule has 1 aromatic carbocycles. The van der Waals surface area contributed by atoms with Gasteiger partial charge < -0.3 is 19.3 Å². The minimum Gasteiger partial charge on any atom is -0.378 e. The van der Waals surface area contributed by atoms with Crippen molar-refractivity contribution in [3.63, 3.8) is 0 Å². The van der Waals surface area contributed by atoms with Crippen molar-refractivity contribution in [3.05, 3.63) is 35.6 Å². The lowest BCUT2D eigenvalue weighted by Gasteiger charge is -2.40. The van der Waals surface area contributed by atoms with Crippen LogP contribution in [-0.4, -0.2) is 67.7 Å². The fraction of sp³-hybridized carbons (Fsp3) is 0.500. The molecule has 2 amide bonds. The van der Waals surface area contributed by atoms with Crippen molar-refractivity contribution in [2.45, 2.75) is 12.1 Å². The number of halogens is 1. The predicted molar refractivity (Wildman–Crippen MR) is 79.1 cm³/mol. The van der Waals surface area contributed by atoms with E-state index in [1.54, 1.807) is 24.1 Å². The molecule has 0 unspecified atom stereocenters. The number of hydrogen-bond acceptors (Lipinski definition) is 4. The molecule has 2 heterocycles. The van der Waals surface area contributed by atoms with Crippen LogP contribution in [0.15, 0.2) is 24.3 Å². The number of benzene rings is 1. The molecule has 2 saturated heterocycles. The van der Waals surface area contributed by atoms with Crippen LogP contribution in [0.1, 0.15) is 11.6 Å². The lowest BCUT2D eigenvalue weighted by molar-refractivity contribution is -0.169. The molecular formula is C16H19FN2O4. The van der Waals surface area contributed by atoms with Gasteiger partial charge >= 0.3 is 0 Å². The maximum atomic E-state index is 13.2. The van der Waals surface area contributed by atoms with Crippen molar-refractivity contribution in [2.75, 3.05) is 40.0 Å². The number of hydrogen-bond donors (Lipinski definition) is 0. The van der Waals surface area contributed by atoms with E-state index in [1.165, 1.54) is 17.0 Å². The summed E-state index contributed by atoms with van der Waals surface area (Å²) in [7, 11) is 1.64. The maximum absolute atomic E-state index is 13.2. The standard InChI is InChI=1S/C16H19FN2O4/c1-18-13(20)10-23-15(16(21)19-6-8-22-9-7-19)14(18)11-2-4-12(17)5-3-11/h2-5,14-15H,6-10H2,1H3/t14-,15+/m1/s1. The first-order valence-corrected chi connectivity index (χ1v) is 7.57. The number of nitrogens with zero attached hydrogens (tertiary/aromatic N) is 2. The average Bonchev–Trinajstić information content (AvgIpc) is 2.58. The molecule has 6 nitrogen and oxygen atoms in total. The Morgan fingerprint density at radius 3 is 2.52 bits per heavy atom. The molecule has 3 rings (SSSR count). The minimum absolute atomic E-state index is 0.130. The molecule has 7 heteroatoms. The third-order valence-electron chi connectivity index (χ3n) is 4.26. The van der Waals surface area contributed by atoms with Crippen molar-refractivity contribution < 1.29 is 23.5 Å². The first-order chi connectivity index (χ1) is 11.1. The molecule has 0 aliphatic carbocycles. The van der Waals surface area contributed by atoms with Gasteiger partial charge in [0.1, 0.15) is 12.4 Å². The van der Waals surface area contributed by atoms with Gasteiger partial charge in [0, 0.05) is 20.1 Å². The summed E-state index contributed by atoms with van der Waals surface area (Å²) in [5.41, 5.74) is 0.675. The Morgan fingerprint density at radius 1 is 1.22 bits per heavy atom. The Bertz CT molecular complexity index is 586. The molecule has 0 spiro atoms. The number of morpholine rings is 2. The molecule has 2 atom stereocenters.